The molecule has 3 aromatic rings. The number of likely N-dealkylation sites (tertiary alicyclic amines) is 1. The minimum atomic E-state index is -0.115. The molecule has 7 nitrogen and oxygen atoms in total. The van der Waals surface area contributed by atoms with Gasteiger partial charge in [0.05, 0.1) is 19.7 Å². The molecule has 154 valence electrons. The predicted octanol–water partition coefficient (Wildman–Crippen LogP) is 2.01. The van der Waals surface area contributed by atoms with Crippen LogP contribution >= 0.6 is 11.3 Å². The van der Waals surface area contributed by atoms with Crippen molar-refractivity contribution in [3.63, 3.8) is 0 Å². The number of thiazole rings is 1. The number of aryl methyl sites for hydroxylation is 1. The van der Waals surface area contributed by atoms with Crippen LogP contribution in [-0.4, -0.2) is 45.4 Å². The van der Waals surface area contributed by atoms with Crippen LogP contribution in [0.5, 0.6) is 5.88 Å². The van der Waals surface area contributed by atoms with E-state index in [0.29, 0.717) is 18.1 Å². The molecule has 3 atom stereocenters. The molecule has 0 bridgehead atoms. The number of piperidine rings is 1. The number of carbonyl (C=O) groups is 1. The average molecular weight is 416 g/mol. The fourth-order valence-electron chi connectivity index (χ4n) is 4.17. The molecule has 3 heterocycles. The lowest BCUT2D eigenvalue weighted by Gasteiger charge is -2.34. The molecule has 0 amide bonds. The summed E-state index contributed by atoms with van der Waals surface area (Å²) in [5, 5.41) is 15.4. The van der Waals surface area contributed by atoms with Gasteiger partial charge in [0.15, 0.2) is 11.9 Å². The molecule has 0 radical (unpaired) electrons. The fourth-order valence-corrected chi connectivity index (χ4v) is 5.33. The highest BCUT2D eigenvalue weighted by Crippen LogP contribution is 2.35. The Labute approximate surface area is 173 Å². The van der Waals surface area contributed by atoms with Crippen molar-refractivity contribution in [3.8, 4) is 5.88 Å². The first-order valence-corrected chi connectivity index (χ1v) is 11.1. The van der Waals surface area contributed by atoms with Crippen LogP contribution in [0.1, 0.15) is 49.0 Å². The highest BCUT2D eigenvalue weighted by molar-refractivity contribution is 7.17. The third-order valence-electron chi connectivity index (χ3n) is 5.54. The quantitative estimate of drug-likeness (QED) is 0.602. The van der Waals surface area contributed by atoms with Crippen LogP contribution in [0.25, 0.3) is 4.96 Å². The van der Waals surface area contributed by atoms with Gasteiger partial charge in [0, 0.05) is 12.0 Å². The Balaban J connectivity index is 1.72. The summed E-state index contributed by atoms with van der Waals surface area (Å²) in [7, 11) is 0. The summed E-state index contributed by atoms with van der Waals surface area (Å²) in [5.41, 5.74) is 1.11. The number of aromatic hydroxyl groups is 1. The van der Waals surface area contributed by atoms with E-state index in [1.54, 1.807) is 4.52 Å². The van der Waals surface area contributed by atoms with E-state index >= 15 is 0 Å². The van der Waals surface area contributed by atoms with Gasteiger partial charge >= 0.3 is 5.97 Å². The first kappa shape index (κ1) is 19.8. The molecule has 0 saturated carbocycles. The normalized spacial score (nSPS) is 20.6. The maximum Gasteiger partial charge on any atom is 0.314 e. The topological polar surface area (TPSA) is 81.2 Å². The van der Waals surface area contributed by atoms with E-state index in [4.69, 9.17) is 4.74 Å². The number of nitrogens with one attached hydrogen (secondary N) is 1. The number of esters is 1. The summed E-state index contributed by atoms with van der Waals surface area (Å²) < 4.78 is 6.83. The molecule has 1 aliphatic heterocycles. The van der Waals surface area contributed by atoms with Gasteiger partial charge < -0.3 is 14.7 Å². The zero-order valence-corrected chi connectivity index (χ0v) is 17.6. The van der Waals surface area contributed by atoms with Crippen molar-refractivity contribution in [3.05, 3.63) is 46.6 Å². The SMILES string of the molecule is CCOC(=O)[C@H]1CCC[NH+]([C@@H](c2ccccc2)c2sc3nc(CC)nn3c2O)C1. The van der Waals surface area contributed by atoms with Crippen LogP contribution < -0.4 is 4.90 Å². The molecule has 29 heavy (non-hydrogen) atoms. The van der Waals surface area contributed by atoms with E-state index in [9.17, 15) is 9.90 Å². The van der Waals surface area contributed by atoms with Gasteiger partial charge in [0.2, 0.25) is 10.8 Å². The van der Waals surface area contributed by atoms with E-state index < -0.39 is 0 Å². The molecule has 1 aliphatic rings. The third kappa shape index (κ3) is 3.86. The number of fused-ring (bicyclic) bond motifs is 1. The van der Waals surface area contributed by atoms with Crippen LogP contribution in [0.15, 0.2) is 30.3 Å². The molecule has 2 N–H and O–H groups in total. The van der Waals surface area contributed by atoms with Crippen LogP contribution in [0.3, 0.4) is 0 Å². The zero-order chi connectivity index (χ0) is 20.4. The largest absolute Gasteiger partial charge is 0.492 e. The lowest BCUT2D eigenvalue weighted by Crippen LogP contribution is -3.14. The van der Waals surface area contributed by atoms with Crippen LogP contribution in [0.4, 0.5) is 0 Å². The van der Waals surface area contributed by atoms with Gasteiger partial charge in [-0.05, 0) is 19.8 Å². The minimum Gasteiger partial charge on any atom is -0.492 e. The lowest BCUT2D eigenvalue weighted by molar-refractivity contribution is -0.932. The van der Waals surface area contributed by atoms with E-state index in [2.05, 4.69) is 22.2 Å². The van der Waals surface area contributed by atoms with Gasteiger partial charge in [0.1, 0.15) is 10.8 Å². The Morgan fingerprint density at radius 1 is 1.38 bits per heavy atom. The van der Waals surface area contributed by atoms with Gasteiger partial charge in [-0.3, -0.25) is 4.79 Å². The zero-order valence-electron chi connectivity index (χ0n) is 16.8. The molecule has 2 aromatic heterocycles. The van der Waals surface area contributed by atoms with Gasteiger partial charge in [-0.2, -0.15) is 4.52 Å². The predicted molar refractivity (Wildman–Crippen MR) is 110 cm³/mol. The van der Waals surface area contributed by atoms with Gasteiger partial charge in [-0.15, -0.1) is 5.10 Å². The van der Waals surface area contributed by atoms with Gasteiger partial charge in [-0.1, -0.05) is 48.6 Å². The molecule has 8 heteroatoms. The van der Waals surface area contributed by atoms with Crippen LogP contribution in [0, 0.1) is 5.92 Å². The van der Waals surface area contributed by atoms with Crippen molar-refractivity contribution in [2.24, 2.45) is 5.92 Å². The highest BCUT2D eigenvalue weighted by atomic mass is 32.1. The molecule has 0 aliphatic carbocycles. The number of nitrogens with zero attached hydrogens (tertiary/aromatic N) is 3. The number of hydrogen-bond acceptors (Lipinski definition) is 6. The number of ether oxygens (including phenoxy) is 1. The summed E-state index contributed by atoms with van der Waals surface area (Å²) in [6.45, 7) is 5.86. The maximum absolute atomic E-state index is 12.4. The summed E-state index contributed by atoms with van der Waals surface area (Å²) >= 11 is 1.48. The molecule has 1 saturated heterocycles. The standard InChI is InChI=1S/C21H26N4O3S/c1-3-16-22-21-25(23-16)19(26)18(29-21)17(14-9-6-5-7-10-14)24-12-8-11-15(13-24)20(27)28-4-2/h5-7,9-10,15,17,26H,3-4,8,11-13H2,1-2H3/p+1/t15-,17-/m0/s1. The number of hydrogen-bond donors (Lipinski definition) is 2. The number of carbonyl (C=O) groups excluding carboxylic acids is 1. The minimum absolute atomic E-state index is 0.0768. The molecule has 4 rings (SSSR count). The van der Waals surface area contributed by atoms with Crippen molar-refractivity contribution < 1.29 is 19.5 Å². The Kier molecular flexibility index (Phi) is 5.82. The molecule has 0 spiro atoms. The van der Waals surface area contributed by atoms with Gasteiger partial charge in [0.25, 0.3) is 0 Å². The van der Waals surface area contributed by atoms with Crippen molar-refractivity contribution in [1.29, 1.82) is 0 Å². The number of quaternary nitrogens is 1. The summed E-state index contributed by atoms with van der Waals surface area (Å²) in [5.74, 6) is 0.649. The first-order valence-electron chi connectivity index (χ1n) is 10.3. The second kappa shape index (κ2) is 8.51. The van der Waals surface area contributed by atoms with E-state index in [-0.39, 0.29) is 23.8 Å². The number of aromatic nitrogens is 3. The van der Waals surface area contributed by atoms with Crippen molar-refractivity contribution >= 4 is 22.3 Å². The van der Waals surface area contributed by atoms with E-state index in [0.717, 1.165) is 42.1 Å². The average Bonchev–Trinajstić information content (AvgIpc) is 3.29. The maximum atomic E-state index is 12.4. The molecule has 1 unspecified atom stereocenters. The van der Waals surface area contributed by atoms with Crippen molar-refractivity contribution in [1.82, 2.24) is 14.6 Å². The van der Waals surface area contributed by atoms with E-state index in [1.165, 1.54) is 16.2 Å². The van der Waals surface area contributed by atoms with Crippen LogP contribution in [0.2, 0.25) is 0 Å². The third-order valence-corrected chi connectivity index (χ3v) is 6.63. The van der Waals surface area contributed by atoms with E-state index in [1.807, 2.05) is 32.0 Å². The monoisotopic (exact) mass is 415 g/mol. The highest BCUT2D eigenvalue weighted by Gasteiger charge is 2.38. The Morgan fingerprint density at radius 2 is 2.17 bits per heavy atom. The fraction of sp³-hybridized carbons (Fsp3) is 0.476. The Morgan fingerprint density at radius 3 is 2.86 bits per heavy atom. The smallest absolute Gasteiger partial charge is 0.314 e. The lowest BCUT2D eigenvalue weighted by atomic mass is 9.94. The first-order chi connectivity index (χ1) is 14.1. The Bertz CT molecular complexity index is 985. The Hall–Kier alpha value is -2.45. The molecular weight excluding hydrogens is 388 g/mol. The van der Waals surface area contributed by atoms with Crippen molar-refractivity contribution in [2.45, 2.75) is 39.2 Å². The molecular formula is C21H27N4O3S+. The number of benzene rings is 1. The van der Waals surface area contributed by atoms with Crippen LogP contribution in [-0.2, 0) is 16.0 Å². The number of rotatable bonds is 6. The molecule has 1 aromatic carbocycles. The summed E-state index contributed by atoms with van der Waals surface area (Å²) in [4.78, 5) is 19.7. The van der Waals surface area contributed by atoms with Gasteiger partial charge in [-0.25, -0.2) is 4.98 Å². The second-order valence-corrected chi connectivity index (χ2v) is 8.42. The second-order valence-electron chi connectivity index (χ2n) is 7.41. The molecule has 1 fully saturated rings. The summed E-state index contributed by atoms with van der Waals surface area (Å²) in [6, 6.07) is 10.1. The van der Waals surface area contributed by atoms with Crippen molar-refractivity contribution in [2.75, 3.05) is 19.7 Å². The summed E-state index contributed by atoms with van der Waals surface area (Å²) in [6.07, 6.45) is 2.53.